The van der Waals surface area contributed by atoms with E-state index in [2.05, 4.69) is 41.1 Å². The van der Waals surface area contributed by atoms with Crippen molar-refractivity contribution < 1.29 is 9.90 Å². The number of anilines is 1. The summed E-state index contributed by atoms with van der Waals surface area (Å²) in [5, 5.41) is 11.2. The molecule has 0 saturated heterocycles. The van der Waals surface area contributed by atoms with Crippen LogP contribution in [-0.2, 0) is 6.42 Å². The fourth-order valence-electron chi connectivity index (χ4n) is 3.56. The van der Waals surface area contributed by atoms with E-state index in [9.17, 15) is 9.90 Å². The molecule has 162 valence electrons. The predicted octanol–water partition coefficient (Wildman–Crippen LogP) is 4.54. The van der Waals surface area contributed by atoms with Crippen LogP contribution in [0.1, 0.15) is 27.0 Å². The van der Waals surface area contributed by atoms with E-state index in [1.165, 1.54) is 5.56 Å². The van der Waals surface area contributed by atoms with Gasteiger partial charge in [-0.05, 0) is 56.4 Å². The molecule has 1 aromatic heterocycles. The highest BCUT2D eigenvalue weighted by Gasteiger charge is 2.14. The first-order chi connectivity index (χ1) is 15.4. The number of likely N-dealkylation sites (N-methyl/N-ethyl adjacent to an activating group) is 1. The normalized spacial score (nSPS) is 11.6. The monoisotopic (exact) mass is 426 g/mol. The Balaban J connectivity index is 1.56. The van der Waals surface area contributed by atoms with Gasteiger partial charge in [-0.2, -0.15) is 0 Å². The second-order valence-corrected chi connectivity index (χ2v) is 8.08. The summed E-state index contributed by atoms with van der Waals surface area (Å²) in [5.41, 5.74) is 10.7. The summed E-state index contributed by atoms with van der Waals surface area (Å²) in [6, 6.07) is 20.3. The standard InChI is InChI=1S/C26H26N4O2/c1-30(2)13-12-17-6-9-21(10-7-17)28-16-23-22-11-8-19(15-24(22)29-26(23)32)25(31)18-4-3-5-20(27)14-18/h3-11,14-16,29,32H,12-13,27H2,1-2H3. The number of carbonyl (C=O) groups is 1. The first-order valence-electron chi connectivity index (χ1n) is 10.4. The third-order valence-corrected chi connectivity index (χ3v) is 5.36. The van der Waals surface area contributed by atoms with Gasteiger partial charge in [-0.3, -0.25) is 9.79 Å². The number of nitrogens with zero attached hydrogens (tertiary/aromatic N) is 2. The van der Waals surface area contributed by atoms with Crippen molar-refractivity contribution in [3.63, 3.8) is 0 Å². The SMILES string of the molecule is CN(C)CCc1ccc(N=Cc2c(O)[nH]c3cc(C(=O)c4cccc(N)c4)ccc23)cc1. The molecule has 0 fully saturated rings. The number of hydrogen-bond donors (Lipinski definition) is 3. The van der Waals surface area contributed by atoms with E-state index in [-0.39, 0.29) is 11.7 Å². The van der Waals surface area contributed by atoms with Gasteiger partial charge in [0.2, 0.25) is 0 Å². The van der Waals surface area contributed by atoms with Gasteiger partial charge >= 0.3 is 0 Å². The van der Waals surface area contributed by atoms with Gasteiger partial charge in [0.05, 0.1) is 11.3 Å². The predicted molar refractivity (Wildman–Crippen MR) is 130 cm³/mol. The maximum atomic E-state index is 12.8. The molecule has 6 heteroatoms. The zero-order valence-electron chi connectivity index (χ0n) is 18.2. The van der Waals surface area contributed by atoms with Gasteiger partial charge in [-0.25, -0.2) is 0 Å². The van der Waals surface area contributed by atoms with Crippen molar-refractivity contribution in [2.45, 2.75) is 6.42 Å². The summed E-state index contributed by atoms with van der Waals surface area (Å²) in [7, 11) is 4.12. The van der Waals surface area contributed by atoms with Gasteiger partial charge in [0, 0.05) is 40.5 Å². The van der Waals surface area contributed by atoms with Crippen LogP contribution in [0.4, 0.5) is 11.4 Å². The fraction of sp³-hybridized carbons (Fsp3) is 0.154. The van der Waals surface area contributed by atoms with Gasteiger partial charge in [0.25, 0.3) is 0 Å². The molecule has 6 nitrogen and oxygen atoms in total. The van der Waals surface area contributed by atoms with Crippen molar-refractivity contribution in [2.24, 2.45) is 4.99 Å². The van der Waals surface area contributed by atoms with Crippen molar-refractivity contribution in [1.82, 2.24) is 9.88 Å². The topological polar surface area (TPSA) is 94.7 Å². The largest absolute Gasteiger partial charge is 0.494 e. The fourth-order valence-corrected chi connectivity index (χ4v) is 3.56. The van der Waals surface area contributed by atoms with Crippen molar-refractivity contribution in [2.75, 3.05) is 26.4 Å². The number of aliphatic imine (C=N–C) groups is 1. The van der Waals surface area contributed by atoms with E-state index in [1.54, 1.807) is 42.6 Å². The van der Waals surface area contributed by atoms with Crippen molar-refractivity contribution in [1.29, 1.82) is 0 Å². The molecule has 0 saturated carbocycles. The van der Waals surface area contributed by atoms with Crippen LogP contribution in [-0.4, -0.2) is 47.6 Å². The second-order valence-electron chi connectivity index (χ2n) is 8.08. The molecule has 32 heavy (non-hydrogen) atoms. The zero-order valence-corrected chi connectivity index (χ0v) is 18.2. The summed E-state index contributed by atoms with van der Waals surface area (Å²) >= 11 is 0. The minimum absolute atomic E-state index is 0.0138. The van der Waals surface area contributed by atoms with Crippen LogP contribution >= 0.6 is 0 Å². The van der Waals surface area contributed by atoms with Crippen LogP contribution in [0.25, 0.3) is 10.9 Å². The molecule has 4 aromatic rings. The number of aromatic nitrogens is 1. The van der Waals surface area contributed by atoms with E-state index in [4.69, 9.17) is 5.73 Å². The van der Waals surface area contributed by atoms with E-state index >= 15 is 0 Å². The molecule has 0 aliphatic heterocycles. The first kappa shape index (κ1) is 21.3. The number of aromatic amines is 1. The van der Waals surface area contributed by atoms with Crippen molar-refractivity contribution >= 4 is 34.3 Å². The number of ketones is 1. The van der Waals surface area contributed by atoms with Crippen LogP contribution in [0.3, 0.4) is 0 Å². The van der Waals surface area contributed by atoms with E-state index in [0.717, 1.165) is 24.0 Å². The molecule has 0 unspecified atom stereocenters. The van der Waals surface area contributed by atoms with Crippen LogP contribution in [0.15, 0.2) is 71.7 Å². The Morgan fingerprint density at radius 3 is 2.53 bits per heavy atom. The van der Waals surface area contributed by atoms with Crippen LogP contribution in [0, 0.1) is 0 Å². The van der Waals surface area contributed by atoms with E-state index in [0.29, 0.717) is 27.9 Å². The molecule has 4 rings (SSSR count). The lowest BCUT2D eigenvalue weighted by Gasteiger charge is -2.08. The average molecular weight is 427 g/mol. The Bertz CT molecular complexity index is 1290. The van der Waals surface area contributed by atoms with Gasteiger partial charge in [-0.15, -0.1) is 0 Å². The number of rotatable bonds is 7. The molecule has 0 amide bonds. The highest BCUT2D eigenvalue weighted by atomic mass is 16.3. The number of fused-ring (bicyclic) bond motifs is 1. The Morgan fingerprint density at radius 1 is 1.06 bits per heavy atom. The summed E-state index contributed by atoms with van der Waals surface area (Å²) in [5.74, 6) is -0.113. The van der Waals surface area contributed by atoms with E-state index < -0.39 is 0 Å². The third kappa shape index (κ3) is 4.71. The van der Waals surface area contributed by atoms with Gasteiger partial charge in [-0.1, -0.05) is 36.4 Å². The Morgan fingerprint density at radius 2 is 1.81 bits per heavy atom. The van der Waals surface area contributed by atoms with Gasteiger partial charge < -0.3 is 20.7 Å². The molecule has 4 N–H and O–H groups in total. The average Bonchev–Trinajstić information content (AvgIpc) is 3.10. The maximum Gasteiger partial charge on any atom is 0.198 e. The van der Waals surface area contributed by atoms with Crippen molar-refractivity contribution in [3.8, 4) is 5.88 Å². The third-order valence-electron chi connectivity index (χ3n) is 5.36. The van der Waals surface area contributed by atoms with Gasteiger partial charge in [0.1, 0.15) is 0 Å². The molecular formula is C26H26N4O2. The minimum Gasteiger partial charge on any atom is -0.494 e. The van der Waals surface area contributed by atoms with Crippen molar-refractivity contribution in [3.05, 3.63) is 89.0 Å². The quantitative estimate of drug-likeness (QED) is 0.230. The number of H-pyrrole nitrogens is 1. The number of carbonyl (C=O) groups excluding carboxylic acids is 1. The highest BCUT2D eigenvalue weighted by Crippen LogP contribution is 2.28. The lowest BCUT2D eigenvalue weighted by molar-refractivity contribution is 0.103. The maximum absolute atomic E-state index is 12.8. The molecule has 0 aliphatic carbocycles. The van der Waals surface area contributed by atoms with Gasteiger partial charge in [0.15, 0.2) is 11.7 Å². The second kappa shape index (κ2) is 9.08. The molecule has 0 aliphatic rings. The molecule has 3 aromatic carbocycles. The summed E-state index contributed by atoms with van der Waals surface area (Å²) in [6.45, 7) is 0.994. The molecule has 0 atom stereocenters. The summed E-state index contributed by atoms with van der Waals surface area (Å²) in [6.07, 6.45) is 2.62. The first-order valence-corrected chi connectivity index (χ1v) is 10.4. The lowest BCUT2D eigenvalue weighted by atomic mass is 10.0. The Labute approximate surface area is 187 Å². The van der Waals surface area contributed by atoms with Crippen LogP contribution in [0.5, 0.6) is 5.88 Å². The Hall–Kier alpha value is -3.90. The zero-order chi connectivity index (χ0) is 22.7. The molecule has 0 bridgehead atoms. The molecule has 0 radical (unpaired) electrons. The van der Waals surface area contributed by atoms with E-state index in [1.807, 2.05) is 18.2 Å². The molecule has 1 heterocycles. The number of aromatic hydroxyl groups is 1. The van der Waals surface area contributed by atoms with Crippen LogP contribution < -0.4 is 5.73 Å². The number of benzene rings is 3. The molecule has 0 spiro atoms. The number of hydrogen-bond acceptors (Lipinski definition) is 5. The Kier molecular flexibility index (Phi) is 6.05. The number of nitrogens with two attached hydrogens (primary N) is 1. The van der Waals surface area contributed by atoms with Crippen LogP contribution in [0.2, 0.25) is 0 Å². The highest BCUT2D eigenvalue weighted by molar-refractivity contribution is 6.12. The smallest absolute Gasteiger partial charge is 0.198 e. The number of nitrogens with one attached hydrogen (secondary N) is 1. The summed E-state index contributed by atoms with van der Waals surface area (Å²) in [4.78, 5) is 22.4. The minimum atomic E-state index is -0.127. The molecular weight excluding hydrogens is 400 g/mol. The summed E-state index contributed by atoms with van der Waals surface area (Å²) < 4.78 is 0. The lowest BCUT2D eigenvalue weighted by Crippen LogP contribution is -2.14. The number of nitrogen functional groups attached to an aromatic ring is 1.